The van der Waals surface area contributed by atoms with Crippen LogP contribution in [0.4, 0.5) is 5.69 Å². The number of sulfonamides is 1. The molecule has 2 heterocycles. The summed E-state index contributed by atoms with van der Waals surface area (Å²) in [4.78, 5) is 17.5. The molecule has 0 saturated heterocycles. The minimum absolute atomic E-state index is 0.211. The van der Waals surface area contributed by atoms with Crippen LogP contribution in [-0.2, 0) is 10.0 Å². The zero-order valence-electron chi connectivity index (χ0n) is 9.67. The monoisotopic (exact) mass is 415 g/mol. The Morgan fingerprint density at radius 1 is 1.33 bits per heavy atom. The third kappa shape index (κ3) is 3.28. The molecule has 0 saturated carbocycles. The Morgan fingerprint density at radius 3 is 2.38 bits per heavy atom. The molecule has 0 bridgehead atoms. The Hall–Kier alpha value is -1.36. The minimum Gasteiger partial charge on any atom is -0.475 e. The standard InChI is InChI=1S/C9H4BrCl2N3O5S/c10-6-4(1-3(20-6)9(16)17)21(18,19)15-5-7(11)13-2-14-8(5)12/h1-2,15H,(H,16,17). The van der Waals surface area contributed by atoms with Crippen LogP contribution < -0.4 is 4.72 Å². The first-order valence-corrected chi connectivity index (χ1v) is 7.97. The van der Waals surface area contributed by atoms with E-state index >= 15 is 0 Å². The van der Waals surface area contributed by atoms with E-state index < -0.39 is 26.6 Å². The van der Waals surface area contributed by atoms with Crippen molar-refractivity contribution < 1.29 is 22.7 Å². The van der Waals surface area contributed by atoms with Crippen molar-refractivity contribution in [2.24, 2.45) is 0 Å². The normalized spacial score (nSPS) is 11.4. The van der Waals surface area contributed by atoms with Gasteiger partial charge in [0.2, 0.25) is 5.76 Å². The van der Waals surface area contributed by atoms with Gasteiger partial charge in [0.1, 0.15) is 16.9 Å². The van der Waals surface area contributed by atoms with Gasteiger partial charge in [0, 0.05) is 6.07 Å². The summed E-state index contributed by atoms with van der Waals surface area (Å²) < 4.78 is 30.9. The molecule has 0 radical (unpaired) electrons. The van der Waals surface area contributed by atoms with Crippen molar-refractivity contribution in [2.45, 2.75) is 4.90 Å². The lowest BCUT2D eigenvalue weighted by molar-refractivity contribution is 0.0661. The van der Waals surface area contributed by atoms with Crippen molar-refractivity contribution >= 4 is 60.8 Å². The first-order chi connectivity index (χ1) is 9.72. The van der Waals surface area contributed by atoms with Crippen molar-refractivity contribution in [3.63, 3.8) is 0 Å². The Balaban J connectivity index is 2.46. The van der Waals surface area contributed by atoms with Gasteiger partial charge >= 0.3 is 5.97 Å². The second-order valence-electron chi connectivity index (χ2n) is 3.49. The molecule has 21 heavy (non-hydrogen) atoms. The summed E-state index contributed by atoms with van der Waals surface area (Å²) in [6.07, 6.45) is 1.05. The lowest BCUT2D eigenvalue weighted by Gasteiger charge is -2.08. The molecular weight excluding hydrogens is 413 g/mol. The van der Waals surface area contributed by atoms with Crippen molar-refractivity contribution in [2.75, 3.05) is 4.72 Å². The van der Waals surface area contributed by atoms with Gasteiger partial charge in [0.25, 0.3) is 10.0 Å². The predicted molar refractivity (Wildman–Crippen MR) is 76.2 cm³/mol. The van der Waals surface area contributed by atoms with Gasteiger partial charge in [-0.1, -0.05) is 23.2 Å². The number of carboxylic acid groups (broad SMARTS) is 1. The Labute approximate surface area is 136 Å². The number of aromatic nitrogens is 2. The molecule has 0 amide bonds. The van der Waals surface area contributed by atoms with Crippen molar-refractivity contribution in [3.05, 3.63) is 33.1 Å². The molecule has 0 unspecified atom stereocenters. The molecule has 2 aromatic heterocycles. The van der Waals surface area contributed by atoms with Crippen LogP contribution >= 0.6 is 39.1 Å². The van der Waals surface area contributed by atoms with Gasteiger partial charge < -0.3 is 9.52 Å². The van der Waals surface area contributed by atoms with Crippen LogP contribution in [0.2, 0.25) is 10.3 Å². The van der Waals surface area contributed by atoms with E-state index in [-0.39, 0.29) is 20.7 Å². The van der Waals surface area contributed by atoms with Crippen molar-refractivity contribution in [3.8, 4) is 0 Å². The van der Waals surface area contributed by atoms with Crippen molar-refractivity contribution in [1.82, 2.24) is 9.97 Å². The van der Waals surface area contributed by atoms with Crippen LogP contribution in [0.1, 0.15) is 10.6 Å². The molecule has 0 aliphatic carbocycles. The molecule has 0 aliphatic rings. The van der Waals surface area contributed by atoms with Crippen LogP contribution in [0.15, 0.2) is 26.4 Å². The molecule has 0 spiro atoms. The second-order valence-corrected chi connectivity index (χ2v) is 6.58. The summed E-state index contributed by atoms with van der Waals surface area (Å²) >= 11 is 14.3. The lowest BCUT2D eigenvalue weighted by atomic mass is 10.5. The third-order valence-electron chi connectivity index (χ3n) is 2.15. The van der Waals surface area contributed by atoms with E-state index in [4.69, 9.17) is 32.7 Å². The Kier molecular flexibility index (Phi) is 4.42. The fraction of sp³-hybridized carbons (Fsp3) is 0. The van der Waals surface area contributed by atoms with E-state index in [0.29, 0.717) is 0 Å². The van der Waals surface area contributed by atoms with Gasteiger partial charge in [-0.3, -0.25) is 4.72 Å². The Morgan fingerprint density at radius 2 is 1.90 bits per heavy atom. The highest BCUT2D eigenvalue weighted by Crippen LogP contribution is 2.32. The minimum atomic E-state index is -4.20. The number of furan rings is 1. The summed E-state index contributed by atoms with van der Waals surface area (Å²) in [5.41, 5.74) is -0.231. The quantitative estimate of drug-likeness (QED) is 0.734. The number of carbonyl (C=O) groups is 1. The zero-order valence-corrected chi connectivity index (χ0v) is 13.6. The van der Waals surface area contributed by atoms with Gasteiger partial charge in [-0.15, -0.1) is 0 Å². The number of rotatable bonds is 4. The zero-order chi connectivity index (χ0) is 15.8. The van der Waals surface area contributed by atoms with Crippen LogP contribution in [0, 0.1) is 0 Å². The molecule has 0 fully saturated rings. The molecule has 0 atom stereocenters. The topological polar surface area (TPSA) is 122 Å². The smallest absolute Gasteiger partial charge is 0.371 e. The summed E-state index contributed by atoms with van der Waals surface area (Å²) in [6.45, 7) is 0. The molecule has 12 heteroatoms. The van der Waals surface area contributed by atoms with E-state index in [0.717, 1.165) is 12.4 Å². The number of nitrogens with one attached hydrogen (secondary N) is 1. The molecule has 8 nitrogen and oxygen atoms in total. The van der Waals surface area contributed by atoms with Crippen LogP contribution in [-0.4, -0.2) is 29.5 Å². The summed E-state index contributed by atoms with van der Waals surface area (Å²) in [7, 11) is -4.20. The van der Waals surface area contributed by atoms with E-state index in [2.05, 4.69) is 30.6 Å². The van der Waals surface area contributed by atoms with Gasteiger partial charge in [-0.2, -0.15) is 0 Å². The number of aromatic carboxylic acids is 1. The number of anilines is 1. The summed E-state index contributed by atoms with van der Waals surface area (Å²) in [6, 6.07) is 0.834. The van der Waals surface area contributed by atoms with Gasteiger partial charge in [-0.05, 0) is 15.9 Å². The van der Waals surface area contributed by atoms with E-state index in [1.807, 2.05) is 0 Å². The first-order valence-electron chi connectivity index (χ1n) is 4.94. The molecular formula is C9H4BrCl2N3O5S. The first kappa shape index (κ1) is 16.0. The van der Waals surface area contributed by atoms with Crippen LogP contribution in [0.5, 0.6) is 0 Å². The molecule has 2 rings (SSSR count). The van der Waals surface area contributed by atoms with Crippen LogP contribution in [0.25, 0.3) is 0 Å². The summed E-state index contributed by atoms with van der Waals surface area (Å²) in [5.74, 6) is -1.97. The number of hydrogen-bond acceptors (Lipinski definition) is 6. The molecule has 2 aromatic rings. The van der Waals surface area contributed by atoms with Gasteiger partial charge in [0.15, 0.2) is 15.0 Å². The fourth-order valence-electron chi connectivity index (χ4n) is 1.26. The van der Waals surface area contributed by atoms with E-state index in [1.165, 1.54) is 0 Å². The molecule has 0 aliphatic heterocycles. The SMILES string of the molecule is O=C(O)c1cc(S(=O)(=O)Nc2c(Cl)ncnc2Cl)c(Br)o1. The van der Waals surface area contributed by atoms with E-state index in [9.17, 15) is 13.2 Å². The van der Waals surface area contributed by atoms with Crippen LogP contribution in [0.3, 0.4) is 0 Å². The van der Waals surface area contributed by atoms with Gasteiger partial charge in [0.05, 0.1) is 0 Å². The highest BCUT2D eigenvalue weighted by molar-refractivity contribution is 9.10. The van der Waals surface area contributed by atoms with Gasteiger partial charge in [-0.25, -0.2) is 23.2 Å². The highest BCUT2D eigenvalue weighted by atomic mass is 79.9. The third-order valence-corrected chi connectivity index (χ3v) is 4.93. The Bertz CT molecular complexity index is 803. The molecule has 112 valence electrons. The number of halogens is 3. The number of hydrogen-bond donors (Lipinski definition) is 2. The maximum Gasteiger partial charge on any atom is 0.371 e. The molecule has 0 aromatic carbocycles. The maximum atomic E-state index is 12.2. The average Bonchev–Trinajstić information content (AvgIpc) is 2.77. The average molecular weight is 417 g/mol. The second kappa shape index (κ2) is 5.79. The largest absolute Gasteiger partial charge is 0.475 e. The van der Waals surface area contributed by atoms with E-state index in [1.54, 1.807) is 0 Å². The predicted octanol–water partition coefficient (Wildman–Crippen LogP) is 2.64. The highest BCUT2D eigenvalue weighted by Gasteiger charge is 2.26. The number of nitrogens with zero attached hydrogens (tertiary/aromatic N) is 2. The lowest BCUT2D eigenvalue weighted by Crippen LogP contribution is -2.14. The van der Waals surface area contributed by atoms with Crippen molar-refractivity contribution in [1.29, 1.82) is 0 Å². The summed E-state index contributed by atoms with van der Waals surface area (Å²) in [5, 5.41) is 8.35. The fourth-order valence-corrected chi connectivity index (χ4v) is 3.80. The maximum absolute atomic E-state index is 12.2. The molecule has 2 N–H and O–H groups in total. The number of carboxylic acids is 1.